The summed E-state index contributed by atoms with van der Waals surface area (Å²) < 4.78 is 4.98. The van der Waals surface area contributed by atoms with Crippen LogP contribution in [0.3, 0.4) is 0 Å². The first kappa shape index (κ1) is 13.7. The first-order chi connectivity index (χ1) is 8.63. The third-order valence-corrected chi connectivity index (χ3v) is 4.22. The van der Waals surface area contributed by atoms with Crippen molar-refractivity contribution in [2.75, 3.05) is 24.8 Å². The van der Waals surface area contributed by atoms with Crippen molar-refractivity contribution in [3.05, 3.63) is 22.7 Å². The topological polar surface area (TPSA) is 58.6 Å². The number of hydrogen-bond acceptors (Lipinski definition) is 4. The molecule has 0 fully saturated rings. The van der Waals surface area contributed by atoms with E-state index in [0.717, 1.165) is 17.1 Å². The second-order valence-corrected chi connectivity index (χ2v) is 5.50. The van der Waals surface area contributed by atoms with E-state index >= 15 is 0 Å². The van der Waals surface area contributed by atoms with Gasteiger partial charge in [-0.3, -0.25) is 4.79 Å². The number of thioether (sulfide) groups is 1. The van der Waals surface area contributed by atoms with E-state index in [9.17, 15) is 9.90 Å². The van der Waals surface area contributed by atoms with Gasteiger partial charge in [0.2, 0.25) is 0 Å². The highest BCUT2D eigenvalue weighted by molar-refractivity contribution is 7.99. The average molecular weight is 288 g/mol. The molecule has 0 saturated carbocycles. The highest BCUT2D eigenvalue weighted by atomic mass is 35.5. The number of carbonyl (C=O) groups excluding carboxylic acids is 1. The smallest absolute Gasteiger partial charge is 0.257 e. The van der Waals surface area contributed by atoms with Crippen molar-refractivity contribution in [1.29, 1.82) is 0 Å². The van der Waals surface area contributed by atoms with Crippen LogP contribution in [0.25, 0.3) is 0 Å². The van der Waals surface area contributed by atoms with E-state index in [4.69, 9.17) is 16.3 Å². The van der Waals surface area contributed by atoms with Crippen molar-refractivity contribution >= 4 is 35.0 Å². The quantitative estimate of drug-likeness (QED) is 0.645. The fraction of sp³-hybridized carbons (Fsp3) is 0.417. The minimum atomic E-state index is -1.11. The molecule has 1 aromatic rings. The summed E-state index contributed by atoms with van der Waals surface area (Å²) in [5.74, 6) is 0.491. The first-order valence-corrected chi connectivity index (χ1v) is 6.94. The van der Waals surface area contributed by atoms with Crippen LogP contribution in [-0.4, -0.2) is 30.5 Å². The summed E-state index contributed by atoms with van der Waals surface area (Å²) in [5, 5.41) is 12.8. The average Bonchev–Trinajstić information content (AvgIpc) is 2.61. The third kappa shape index (κ3) is 2.80. The van der Waals surface area contributed by atoms with Crippen molar-refractivity contribution in [3.8, 4) is 0 Å². The maximum atomic E-state index is 11.3. The van der Waals surface area contributed by atoms with Gasteiger partial charge in [-0.1, -0.05) is 11.6 Å². The van der Waals surface area contributed by atoms with Crippen LogP contribution in [0.4, 0.5) is 5.69 Å². The number of rotatable bonds is 5. The molecule has 0 radical (unpaired) electrons. The van der Waals surface area contributed by atoms with Gasteiger partial charge in [0, 0.05) is 35.6 Å². The van der Waals surface area contributed by atoms with Crippen LogP contribution in [0, 0.1) is 0 Å². The lowest BCUT2D eigenvalue weighted by atomic mass is 10.1. The molecule has 0 saturated heterocycles. The Bertz CT molecular complexity index is 467. The van der Waals surface area contributed by atoms with Gasteiger partial charge in [0.25, 0.3) is 5.91 Å². The fourth-order valence-electron chi connectivity index (χ4n) is 1.74. The summed E-state index contributed by atoms with van der Waals surface area (Å²) in [6, 6.07) is 3.46. The zero-order chi connectivity index (χ0) is 13.1. The Kier molecular flexibility index (Phi) is 4.50. The van der Waals surface area contributed by atoms with Crippen LogP contribution in [0.2, 0.25) is 5.02 Å². The molecule has 2 N–H and O–H groups in total. The molecule has 1 heterocycles. The third-order valence-electron chi connectivity index (χ3n) is 2.66. The summed E-state index contributed by atoms with van der Waals surface area (Å²) >= 11 is 7.74. The van der Waals surface area contributed by atoms with Crippen LogP contribution >= 0.6 is 23.4 Å². The number of nitrogens with one attached hydrogen (secondary N) is 1. The number of ether oxygens (including phenoxy) is 1. The Labute approximate surface area is 115 Å². The summed E-state index contributed by atoms with van der Waals surface area (Å²) in [4.78, 5) is 12.2. The Morgan fingerprint density at radius 3 is 3.06 bits per heavy atom. The fourth-order valence-corrected chi connectivity index (χ4v) is 2.96. The normalized spacial score (nSPS) is 17.7. The standard InChI is InChI=1S/C12H14ClNO3S/c1-17-3-2-4-18-10-6-9-7(5-8(10)13)11(15)12(16)14-9/h5-6,11,15H,2-4H2,1H3,(H,14,16). The molecule has 4 nitrogen and oxygen atoms in total. The summed E-state index contributed by atoms with van der Waals surface area (Å²) in [5.41, 5.74) is 1.19. The largest absolute Gasteiger partial charge is 0.385 e. The number of amides is 1. The molecular formula is C12H14ClNO3S. The molecule has 1 amide bonds. The molecule has 1 aliphatic heterocycles. The lowest BCUT2D eigenvalue weighted by Crippen LogP contribution is -2.10. The van der Waals surface area contributed by atoms with Gasteiger partial charge in [0.15, 0.2) is 6.10 Å². The van der Waals surface area contributed by atoms with Gasteiger partial charge in [-0.15, -0.1) is 11.8 Å². The lowest BCUT2D eigenvalue weighted by Gasteiger charge is -2.07. The first-order valence-electron chi connectivity index (χ1n) is 5.57. The number of aliphatic hydroxyl groups excluding tert-OH is 1. The zero-order valence-corrected chi connectivity index (χ0v) is 11.5. The summed E-state index contributed by atoms with van der Waals surface area (Å²) in [7, 11) is 1.67. The predicted molar refractivity (Wildman–Crippen MR) is 72.3 cm³/mol. The van der Waals surface area contributed by atoms with Gasteiger partial charge in [-0.2, -0.15) is 0 Å². The molecule has 18 heavy (non-hydrogen) atoms. The molecule has 1 atom stereocenters. The number of anilines is 1. The molecule has 0 spiro atoms. The molecule has 2 rings (SSSR count). The SMILES string of the molecule is COCCCSc1cc2c(cc1Cl)C(O)C(=O)N2. The number of methoxy groups -OCH3 is 1. The zero-order valence-electron chi connectivity index (χ0n) is 9.90. The number of benzene rings is 1. The van der Waals surface area contributed by atoms with Gasteiger partial charge in [-0.05, 0) is 18.6 Å². The van der Waals surface area contributed by atoms with Gasteiger partial charge in [0.05, 0.1) is 5.02 Å². The van der Waals surface area contributed by atoms with E-state index in [1.807, 2.05) is 6.07 Å². The van der Waals surface area contributed by atoms with Gasteiger partial charge in [0.1, 0.15) is 0 Å². The maximum absolute atomic E-state index is 11.3. The molecule has 1 aromatic carbocycles. The van der Waals surface area contributed by atoms with Crippen LogP contribution in [0.15, 0.2) is 17.0 Å². The highest BCUT2D eigenvalue weighted by Gasteiger charge is 2.29. The van der Waals surface area contributed by atoms with E-state index in [1.54, 1.807) is 24.9 Å². The van der Waals surface area contributed by atoms with Crippen LogP contribution in [0.1, 0.15) is 18.1 Å². The van der Waals surface area contributed by atoms with Crippen molar-refractivity contribution in [1.82, 2.24) is 0 Å². The lowest BCUT2D eigenvalue weighted by molar-refractivity contribution is -0.123. The van der Waals surface area contributed by atoms with Gasteiger partial charge >= 0.3 is 0 Å². The number of hydrogen-bond donors (Lipinski definition) is 2. The van der Waals surface area contributed by atoms with Crippen molar-refractivity contribution < 1.29 is 14.6 Å². The molecule has 6 heteroatoms. The number of halogens is 1. The Hall–Kier alpha value is -0.750. The Balaban J connectivity index is 2.10. The number of fused-ring (bicyclic) bond motifs is 1. The molecule has 1 unspecified atom stereocenters. The van der Waals surface area contributed by atoms with Crippen molar-refractivity contribution in [3.63, 3.8) is 0 Å². The maximum Gasteiger partial charge on any atom is 0.257 e. The predicted octanol–water partition coefficient (Wildman–Crippen LogP) is 2.45. The van der Waals surface area contributed by atoms with Crippen molar-refractivity contribution in [2.24, 2.45) is 0 Å². The van der Waals surface area contributed by atoms with E-state index in [0.29, 0.717) is 22.9 Å². The van der Waals surface area contributed by atoms with E-state index in [-0.39, 0.29) is 0 Å². The second-order valence-electron chi connectivity index (χ2n) is 3.96. The van der Waals surface area contributed by atoms with Gasteiger partial charge < -0.3 is 15.2 Å². The summed E-state index contributed by atoms with van der Waals surface area (Å²) in [6.07, 6.45) is -0.172. The Morgan fingerprint density at radius 2 is 2.33 bits per heavy atom. The van der Waals surface area contributed by atoms with Crippen LogP contribution < -0.4 is 5.32 Å². The minimum absolute atomic E-state index is 0.400. The van der Waals surface area contributed by atoms with E-state index < -0.39 is 12.0 Å². The molecule has 98 valence electrons. The molecule has 0 aliphatic carbocycles. The van der Waals surface area contributed by atoms with Crippen LogP contribution in [-0.2, 0) is 9.53 Å². The molecule has 1 aliphatic rings. The van der Waals surface area contributed by atoms with Gasteiger partial charge in [-0.25, -0.2) is 0 Å². The monoisotopic (exact) mass is 287 g/mol. The summed E-state index contributed by atoms with van der Waals surface area (Å²) in [6.45, 7) is 0.713. The molecular weight excluding hydrogens is 274 g/mol. The van der Waals surface area contributed by atoms with Crippen molar-refractivity contribution in [2.45, 2.75) is 17.4 Å². The molecule has 0 aromatic heterocycles. The number of aliphatic hydroxyl groups is 1. The van der Waals surface area contributed by atoms with E-state index in [2.05, 4.69) is 5.32 Å². The second kappa shape index (κ2) is 5.93. The number of carbonyl (C=O) groups is 1. The van der Waals surface area contributed by atoms with E-state index in [1.165, 1.54) is 0 Å². The molecule has 0 bridgehead atoms. The highest BCUT2D eigenvalue weighted by Crippen LogP contribution is 2.38. The van der Waals surface area contributed by atoms with Crippen LogP contribution in [0.5, 0.6) is 0 Å². The Morgan fingerprint density at radius 1 is 1.56 bits per heavy atom. The minimum Gasteiger partial charge on any atom is -0.385 e.